The number of anilines is 2. The van der Waals surface area contributed by atoms with Crippen LogP contribution in [0.1, 0.15) is 29.3 Å². The minimum atomic E-state index is -3.51. The number of ether oxygens (including phenoxy) is 1. The Kier molecular flexibility index (Phi) is 11.1. The van der Waals surface area contributed by atoms with Crippen LogP contribution < -0.4 is 38.2 Å². The third kappa shape index (κ3) is 7.45. The van der Waals surface area contributed by atoms with Gasteiger partial charge in [0.05, 0.1) is 24.2 Å². The Labute approximate surface area is 238 Å². The molecule has 182 valence electrons. The quantitative estimate of drug-likeness (QED) is 0.239. The zero-order chi connectivity index (χ0) is 25.1. The molecular weight excluding hydrogens is 631 g/mol. The second-order valence-electron chi connectivity index (χ2n) is 6.60. The van der Waals surface area contributed by atoms with Crippen LogP contribution >= 0.6 is 31.9 Å². The minimum Gasteiger partial charge on any atom is -1.00 e. The number of hydrogen-bond donors (Lipinski definition) is 0. The molecule has 0 bridgehead atoms. The maximum absolute atomic E-state index is 11.7. The molecule has 0 atom stereocenters. The molecule has 0 radical (unpaired) electrons. The van der Waals surface area contributed by atoms with Crippen molar-refractivity contribution < 1.29 is 62.1 Å². The SMILES string of the molecule is CCOC(=O)c1nc(Br)ccc1N(C)S(C)(=O)=O.CN1c2ccc(Br)nc2C(=O)CS1(=O)=O.[H-].[Na+]. The maximum Gasteiger partial charge on any atom is 1.00 e. The Bertz CT molecular complexity index is 1310. The molecule has 1 aliphatic rings. The first-order valence-electron chi connectivity index (χ1n) is 9.13. The second kappa shape index (κ2) is 12.2. The van der Waals surface area contributed by atoms with E-state index in [9.17, 15) is 26.4 Å². The predicted octanol–water partition coefficient (Wildman–Crippen LogP) is -0.660. The second-order valence-corrected chi connectivity index (χ2v) is 12.2. The van der Waals surface area contributed by atoms with Crippen molar-refractivity contribution in [3.05, 3.63) is 44.9 Å². The first-order chi connectivity index (χ1) is 15.2. The fourth-order valence-electron chi connectivity index (χ4n) is 2.58. The summed E-state index contributed by atoms with van der Waals surface area (Å²) >= 11 is 6.26. The van der Waals surface area contributed by atoms with Crippen molar-refractivity contribution in [2.24, 2.45) is 0 Å². The van der Waals surface area contributed by atoms with Crippen molar-refractivity contribution >= 4 is 75.0 Å². The number of carbonyl (C=O) groups is 2. The van der Waals surface area contributed by atoms with Gasteiger partial charge in [-0.25, -0.2) is 31.6 Å². The molecule has 0 saturated heterocycles. The summed E-state index contributed by atoms with van der Waals surface area (Å²) in [4.78, 5) is 31.2. The molecule has 0 saturated carbocycles. The Morgan fingerprint density at radius 1 is 1.21 bits per heavy atom. The average Bonchev–Trinajstić information content (AvgIpc) is 2.71. The van der Waals surface area contributed by atoms with Gasteiger partial charge in [0.25, 0.3) is 0 Å². The van der Waals surface area contributed by atoms with E-state index in [1.807, 2.05) is 0 Å². The van der Waals surface area contributed by atoms with E-state index >= 15 is 0 Å². The molecule has 0 amide bonds. The van der Waals surface area contributed by atoms with Gasteiger partial charge in [0, 0.05) is 14.1 Å². The van der Waals surface area contributed by atoms with Crippen molar-refractivity contribution in [3.8, 4) is 0 Å². The van der Waals surface area contributed by atoms with Crippen LogP contribution in [0.4, 0.5) is 11.4 Å². The Hall–Kier alpha value is -1.10. The number of nitrogens with zero attached hydrogens (tertiary/aromatic N) is 4. The van der Waals surface area contributed by atoms with Gasteiger partial charge in [0.1, 0.15) is 20.7 Å². The van der Waals surface area contributed by atoms with Crippen LogP contribution in [-0.4, -0.2) is 71.3 Å². The molecule has 2 aromatic heterocycles. The minimum absolute atomic E-state index is 0. The molecule has 1 aliphatic heterocycles. The summed E-state index contributed by atoms with van der Waals surface area (Å²) in [6, 6.07) is 6.20. The van der Waals surface area contributed by atoms with Crippen LogP contribution in [0.5, 0.6) is 0 Å². The Morgan fingerprint density at radius 2 is 1.76 bits per heavy atom. The molecule has 0 aliphatic carbocycles. The van der Waals surface area contributed by atoms with Gasteiger partial charge in [0.2, 0.25) is 20.0 Å². The zero-order valence-corrected chi connectivity index (χ0v) is 25.7. The normalized spacial score (nSPS) is 14.2. The van der Waals surface area contributed by atoms with E-state index in [0.29, 0.717) is 14.9 Å². The summed E-state index contributed by atoms with van der Waals surface area (Å²) in [6.07, 6.45) is 1.05. The molecule has 3 rings (SSSR count). The number of pyridine rings is 2. The number of hydrogen-bond acceptors (Lipinski definition) is 9. The third-order valence-corrected chi connectivity index (χ3v) is 8.05. The Balaban J connectivity index is 0.000000632. The van der Waals surface area contributed by atoms with Crippen LogP contribution in [0.2, 0.25) is 0 Å². The number of Topliss-reactive ketones (excluding diaryl/α,β-unsaturated/α-hetero) is 1. The van der Waals surface area contributed by atoms with Gasteiger partial charge in [-0.3, -0.25) is 13.4 Å². The van der Waals surface area contributed by atoms with Crippen LogP contribution in [0.25, 0.3) is 0 Å². The number of halogens is 2. The monoisotopic (exact) mass is 650 g/mol. The number of carbonyl (C=O) groups excluding carboxylic acids is 2. The van der Waals surface area contributed by atoms with Gasteiger partial charge in [-0.05, 0) is 63.0 Å². The van der Waals surface area contributed by atoms with Crippen LogP contribution in [0.15, 0.2) is 33.5 Å². The van der Waals surface area contributed by atoms with Gasteiger partial charge >= 0.3 is 35.5 Å². The summed E-state index contributed by atoms with van der Waals surface area (Å²) in [5, 5.41) is 0. The number of esters is 1. The van der Waals surface area contributed by atoms with Crippen molar-refractivity contribution in [2.45, 2.75) is 6.92 Å². The Morgan fingerprint density at radius 3 is 2.32 bits per heavy atom. The van der Waals surface area contributed by atoms with Gasteiger partial charge in [-0.1, -0.05) is 0 Å². The van der Waals surface area contributed by atoms with E-state index in [1.54, 1.807) is 25.1 Å². The summed E-state index contributed by atoms with van der Waals surface area (Å²) in [5.41, 5.74) is 0.662. The van der Waals surface area contributed by atoms with E-state index in [2.05, 4.69) is 41.8 Å². The number of sulfonamides is 2. The summed E-state index contributed by atoms with van der Waals surface area (Å²) in [5.74, 6) is -1.64. The molecule has 0 fully saturated rings. The molecule has 34 heavy (non-hydrogen) atoms. The van der Waals surface area contributed by atoms with E-state index in [1.165, 1.54) is 20.2 Å². The predicted molar refractivity (Wildman–Crippen MR) is 131 cm³/mol. The van der Waals surface area contributed by atoms with Crippen LogP contribution in [-0.2, 0) is 24.8 Å². The molecule has 16 heteroatoms. The van der Waals surface area contributed by atoms with Crippen molar-refractivity contribution in [1.82, 2.24) is 9.97 Å². The topological polar surface area (TPSA) is 144 Å². The van der Waals surface area contributed by atoms with Crippen molar-refractivity contribution in [1.29, 1.82) is 0 Å². The number of aromatic nitrogens is 2. The molecule has 11 nitrogen and oxygen atoms in total. The third-order valence-electron chi connectivity index (χ3n) is 4.32. The first kappa shape index (κ1) is 30.9. The molecule has 2 aromatic rings. The molecule has 0 N–H and O–H groups in total. The van der Waals surface area contributed by atoms with Crippen LogP contribution in [0, 0.1) is 0 Å². The number of ketones is 1. The van der Waals surface area contributed by atoms with E-state index < -0.39 is 37.6 Å². The van der Waals surface area contributed by atoms with Gasteiger partial charge in [0.15, 0.2) is 11.5 Å². The summed E-state index contributed by atoms with van der Waals surface area (Å²) in [6.45, 7) is 1.85. The number of fused-ring (bicyclic) bond motifs is 1. The van der Waals surface area contributed by atoms with Gasteiger partial charge < -0.3 is 6.16 Å². The van der Waals surface area contributed by atoms with Crippen molar-refractivity contribution in [2.75, 3.05) is 41.3 Å². The van der Waals surface area contributed by atoms with Gasteiger partial charge in [-0.15, -0.1) is 0 Å². The standard InChI is InChI=1S/C10H13BrN2O4S.C8H7BrN2O3S.Na.H/c1-4-17-10(14)9-7(5-6-8(11)12-9)13(2)18(3,15)16;1-11-5-2-3-7(9)10-8(5)6(12)4-15(11,13)14;;/h5-6H,4H2,1-3H3;2-3H,4H2,1H3;;/q;;+1;-1. The summed E-state index contributed by atoms with van der Waals surface area (Å²) < 4.78 is 53.8. The largest absolute Gasteiger partial charge is 1.00 e. The fraction of sp³-hybridized carbons (Fsp3) is 0.333. The zero-order valence-electron chi connectivity index (χ0n) is 19.9. The first-order valence-corrected chi connectivity index (χ1v) is 14.2. The number of rotatable bonds is 4. The summed E-state index contributed by atoms with van der Waals surface area (Å²) in [7, 11) is -4.21. The van der Waals surface area contributed by atoms with Crippen LogP contribution in [0.3, 0.4) is 0 Å². The molecule has 0 spiro atoms. The van der Waals surface area contributed by atoms with E-state index in [-0.39, 0.29) is 54.7 Å². The molecule has 0 aromatic carbocycles. The maximum atomic E-state index is 11.7. The van der Waals surface area contributed by atoms with E-state index in [4.69, 9.17) is 4.74 Å². The van der Waals surface area contributed by atoms with E-state index in [0.717, 1.165) is 14.9 Å². The molecule has 0 unspecified atom stereocenters. The van der Waals surface area contributed by atoms with Crippen molar-refractivity contribution in [3.63, 3.8) is 0 Å². The average molecular weight is 652 g/mol. The molecular formula is C18H21Br2N4NaO7S2. The fourth-order valence-corrected chi connectivity index (χ4v) is 4.81. The smallest absolute Gasteiger partial charge is 1.00 e. The van der Waals surface area contributed by atoms with Gasteiger partial charge in [-0.2, -0.15) is 0 Å². The molecule has 3 heterocycles.